The third kappa shape index (κ3) is 7.09. The van der Waals surface area contributed by atoms with E-state index in [1.165, 1.54) is 0 Å². The highest BCUT2D eigenvalue weighted by atomic mass is 127. The minimum absolute atomic E-state index is 0. The van der Waals surface area contributed by atoms with Crippen LogP contribution >= 0.6 is 47.2 Å². The second-order valence-electron chi connectivity index (χ2n) is 6.73. The van der Waals surface area contributed by atoms with Gasteiger partial charge in [-0.25, -0.2) is 0 Å². The van der Waals surface area contributed by atoms with E-state index in [0.717, 1.165) is 23.6 Å². The van der Waals surface area contributed by atoms with Gasteiger partial charge < -0.3 is 15.1 Å². The first kappa shape index (κ1) is 25.0. The number of rotatable bonds is 7. The van der Waals surface area contributed by atoms with Gasteiger partial charge in [0.15, 0.2) is 5.96 Å². The number of hydrogen-bond donors (Lipinski definition) is 1. The number of halogens is 3. The van der Waals surface area contributed by atoms with Crippen molar-refractivity contribution in [2.75, 3.05) is 34.2 Å². The van der Waals surface area contributed by atoms with Crippen LogP contribution in [0.3, 0.4) is 0 Å². The second kappa shape index (κ2) is 11.8. The minimum Gasteiger partial charge on any atom is -0.357 e. The molecule has 1 heterocycles. The fraction of sp³-hybridized carbons (Fsp3) is 0.474. The Balaban J connectivity index is 0.00000392. The molecular formula is C19H29Cl2IN6. The van der Waals surface area contributed by atoms with Crippen molar-refractivity contribution in [3.05, 3.63) is 51.8 Å². The van der Waals surface area contributed by atoms with Crippen LogP contribution in [0.25, 0.3) is 0 Å². The lowest BCUT2D eigenvalue weighted by molar-refractivity contribution is 0.305. The maximum atomic E-state index is 6.14. The van der Waals surface area contributed by atoms with Gasteiger partial charge in [-0.3, -0.25) is 9.67 Å². The predicted molar refractivity (Wildman–Crippen MR) is 129 cm³/mol. The van der Waals surface area contributed by atoms with Crippen LogP contribution in [0.1, 0.15) is 24.1 Å². The van der Waals surface area contributed by atoms with Crippen LogP contribution in [-0.4, -0.2) is 59.8 Å². The van der Waals surface area contributed by atoms with Crippen LogP contribution < -0.4 is 5.32 Å². The van der Waals surface area contributed by atoms with Gasteiger partial charge in [0.05, 0.1) is 28.8 Å². The van der Waals surface area contributed by atoms with Crippen LogP contribution in [0.15, 0.2) is 35.6 Å². The number of nitrogens with one attached hydrogen (secondary N) is 1. The monoisotopic (exact) mass is 538 g/mol. The Hall–Kier alpha value is -1.03. The summed E-state index contributed by atoms with van der Waals surface area (Å²) >= 11 is 12.1. The Morgan fingerprint density at radius 3 is 2.50 bits per heavy atom. The highest BCUT2D eigenvalue weighted by molar-refractivity contribution is 14.0. The fourth-order valence-corrected chi connectivity index (χ4v) is 3.13. The first-order chi connectivity index (χ1) is 12.8. The number of guanidine groups is 1. The molecule has 0 bridgehead atoms. The summed E-state index contributed by atoms with van der Waals surface area (Å²) in [5, 5.41) is 8.77. The molecule has 6 nitrogen and oxygen atoms in total. The van der Waals surface area contributed by atoms with Crippen molar-refractivity contribution in [3.63, 3.8) is 0 Å². The summed E-state index contributed by atoms with van der Waals surface area (Å²) in [6, 6.07) is 5.85. The summed E-state index contributed by atoms with van der Waals surface area (Å²) < 4.78 is 1.82. The van der Waals surface area contributed by atoms with Crippen LogP contribution in [0.5, 0.6) is 0 Å². The van der Waals surface area contributed by atoms with Crippen molar-refractivity contribution in [1.29, 1.82) is 0 Å². The quantitative estimate of drug-likeness (QED) is 0.328. The fourth-order valence-electron chi connectivity index (χ4n) is 2.81. The Kier molecular flexibility index (Phi) is 10.6. The molecule has 0 spiro atoms. The normalized spacial score (nSPS) is 12.6. The summed E-state index contributed by atoms with van der Waals surface area (Å²) in [4.78, 5) is 9.09. The molecule has 0 fully saturated rings. The number of nitrogens with zero attached hydrogens (tertiary/aromatic N) is 5. The maximum absolute atomic E-state index is 6.14. The molecule has 0 aliphatic rings. The molecule has 9 heteroatoms. The third-order valence-corrected chi connectivity index (χ3v) is 4.99. The first-order valence-corrected chi connectivity index (χ1v) is 9.65. The lowest BCUT2D eigenvalue weighted by atomic mass is 10.1. The van der Waals surface area contributed by atoms with E-state index in [1.807, 2.05) is 49.4 Å². The molecule has 0 amide bonds. The zero-order chi connectivity index (χ0) is 20.0. The molecule has 28 heavy (non-hydrogen) atoms. The predicted octanol–water partition coefficient (Wildman–Crippen LogP) is 4.05. The minimum atomic E-state index is 0. The van der Waals surface area contributed by atoms with Gasteiger partial charge in [0.2, 0.25) is 0 Å². The number of aryl methyl sites for hydroxylation is 1. The van der Waals surface area contributed by atoms with Gasteiger partial charge in [-0.2, -0.15) is 5.10 Å². The van der Waals surface area contributed by atoms with E-state index in [9.17, 15) is 0 Å². The van der Waals surface area contributed by atoms with Crippen LogP contribution in [-0.2, 0) is 13.6 Å². The van der Waals surface area contributed by atoms with Crippen molar-refractivity contribution >= 4 is 53.1 Å². The van der Waals surface area contributed by atoms with Gasteiger partial charge in [-0.05, 0) is 38.7 Å². The van der Waals surface area contributed by atoms with Crippen molar-refractivity contribution in [3.8, 4) is 0 Å². The van der Waals surface area contributed by atoms with Gasteiger partial charge in [0.1, 0.15) is 0 Å². The number of likely N-dealkylation sites (N-methyl/N-ethyl adjacent to an activating group) is 1. The molecule has 1 atom stereocenters. The van der Waals surface area contributed by atoms with Crippen LogP contribution in [0.4, 0.5) is 0 Å². The zero-order valence-corrected chi connectivity index (χ0v) is 20.8. The highest BCUT2D eigenvalue weighted by Crippen LogP contribution is 2.23. The Bertz CT molecular complexity index is 778. The smallest absolute Gasteiger partial charge is 0.194 e. The molecule has 2 aromatic rings. The van der Waals surface area contributed by atoms with Gasteiger partial charge in [0.25, 0.3) is 0 Å². The average Bonchev–Trinajstić information content (AvgIpc) is 3.03. The SMILES string of the molecule is CCNC(=NCC(c1cnn(C)c1)N(C)C)N(C)Cc1ccc(Cl)c(Cl)c1.I. The molecule has 0 aliphatic carbocycles. The molecule has 0 saturated carbocycles. The summed E-state index contributed by atoms with van der Waals surface area (Å²) in [6.45, 7) is 4.17. The third-order valence-electron chi connectivity index (χ3n) is 4.25. The number of hydrogen-bond acceptors (Lipinski definition) is 3. The van der Waals surface area contributed by atoms with Crippen molar-refractivity contribution < 1.29 is 0 Å². The average molecular weight is 539 g/mol. The van der Waals surface area contributed by atoms with E-state index in [1.54, 1.807) is 0 Å². The Morgan fingerprint density at radius 2 is 1.96 bits per heavy atom. The van der Waals surface area contributed by atoms with E-state index in [0.29, 0.717) is 23.1 Å². The summed E-state index contributed by atoms with van der Waals surface area (Å²) in [7, 11) is 8.05. The molecule has 0 radical (unpaired) electrons. The molecule has 156 valence electrons. The van der Waals surface area contributed by atoms with Gasteiger partial charge in [0, 0.05) is 38.9 Å². The molecule has 1 unspecified atom stereocenters. The first-order valence-electron chi connectivity index (χ1n) is 8.90. The van der Waals surface area contributed by atoms with Crippen molar-refractivity contribution in [1.82, 2.24) is 24.9 Å². The molecule has 0 aliphatic heterocycles. The van der Waals surface area contributed by atoms with E-state index in [2.05, 4.69) is 41.2 Å². The lowest BCUT2D eigenvalue weighted by Gasteiger charge is -2.25. The molecule has 0 saturated heterocycles. The van der Waals surface area contributed by atoms with E-state index in [4.69, 9.17) is 28.2 Å². The number of aromatic nitrogens is 2. The van der Waals surface area contributed by atoms with Crippen molar-refractivity contribution in [2.24, 2.45) is 12.0 Å². The van der Waals surface area contributed by atoms with Crippen LogP contribution in [0.2, 0.25) is 10.0 Å². The van der Waals surface area contributed by atoms with E-state index in [-0.39, 0.29) is 30.0 Å². The number of aliphatic imine (C=N–C) groups is 1. The summed E-state index contributed by atoms with van der Waals surface area (Å²) in [6.07, 6.45) is 3.93. The van der Waals surface area contributed by atoms with E-state index >= 15 is 0 Å². The van der Waals surface area contributed by atoms with E-state index < -0.39 is 0 Å². The Morgan fingerprint density at radius 1 is 1.25 bits per heavy atom. The van der Waals surface area contributed by atoms with Gasteiger partial charge in [-0.1, -0.05) is 29.3 Å². The van der Waals surface area contributed by atoms with Crippen molar-refractivity contribution in [2.45, 2.75) is 19.5 Å². The van der Waals surface area contributed by atoms with Gasteiger partial charge >= 0.3 is 0 Å². The molecule has 1 aromatic heterocycles. The summed E-state index contributed by atoms with van der Waals surface area (Å²) in [5.41, 5.74) is 2.23. The Labute approximate surface area is 194 Å². The highest BCUT2D eigenvalue weighted by Gasteiger charge is 2.16. The zero-order valence-electron chi connectivity index (χ0n) is 17.0. The number of benzene rings is 1. The second-order valence-corrected chi connectivity index (χ2v) is 7.54. The standard InChI is InChI=1S/C19H28Cl2N6.HI/c1-6-22-19(26(4)12-14-7-8-16(20)17(21)9-14)23-11-18(25(2)3)15-10-24-27(5)13-15;/h7-10,13,18H,6,11-12H2,1-5H3,(H,22,23);1H. The molecule has 2 rings (SSSR count). The lowest BCUT2D eigenvalue weighted by Crippen LogP contribution is -2.39. The molecule has 1 N–H and O–H groups in total. The topological polar surface area (TPSA) is 48.7 Å². The molecular weight excluding hydrogens is 510 g/mol. The molecule has 1 aromatic carbocycles. The van der Waals surface area contributed by atoms with Crippen LogP contribution in [0, 0.1) is 0 Å². The maximum Gasteiger partial charge on any atom is 0.194 e. The van der Waals surface area contributed by atoms with Gasteiger partial charge in [-0.15, -0.1) is 24.0 Å². The largest absolute Gasteiger partial charge is 0.357 e. The summed E-state index contributed by atoms with van der Waals surface area (Å²) in [5.74, 6) is 0.847.